The number of aryl methyl sites for hydroxylation is 1. The third-order valence-corrected chi connectivity index (χ3v) is 6.19. The number of para-hydroxylation sites is 1. The van der Waals surface area contributed by atoms with Gasteiger partial charge in [0.05, 0.1) is 29.0 Å². The molecular weight excluding hydrogens is 368 g/mol. The lowest BCUT2D eigenvalue weighted by Gasteiger charge is -2.26. The second-order valence-electron chi connectivity index (χ2n) is 7.04. The minimum Gasteiger partial charge on any atom is -0.349 e. The van der Waals surface area contributed by atoms with Gasteiger partial charge < -0.3 is 5.32 Å². The van der Waals surface area contributed by atoms with Crippen LogP contribution in [0, 0.1) is 0 Å². The van der Waals surface area contributed by atoms with Gasteiger partial charge in [0, 0.05) is 5.39 Å². The third-order valence-electron chi connectivity index (χ3n) is 5.26. The monoisotopic (exact) mass is 388 g/mol. The summed E-state index contributed by atoms with van der Waals surface area (Å²) in [5.74, 6) is 0.348. The lowest BCUT2D eigenvalue weighted by molar-refractivity contribution is -0.119. The molecule has 140 valence electrons. The van der Waals surface area contributed by atoms with Gasteiger partial charge in [0.1, 0.15) is 0 Å². The van der Waals surface area contributed by atoms with Crippen molar-refractivity contribution in [2.24, 2.45) is 0 Å². The number of rotatable bonds is 4. The largest absolute Gasteiger partial charge is 0.349 e. The molecule has 28 heavy (non-hydrogen) atoms. The molecule has 5 rings (SSSR count). The predicted molar refractivity (Wildman–Crippen MR) is 111 cm³/mol. The van der Waals surface area contributed by atoms with Crippen LogP contribution < -0.4 is 5.32 Å². The number of hydrogen-bond donors (Lipinski definition) is 1. The number of amides is 1. The molecule has 1 N–H and O–H groups in total. The number of hydrogen-bond acceptors (Lipinski definition) is 4. The molecule has 0 saturated carbocycles. The van der Waals surface area contributed by atoms with E-state index in [0.717, 1.165) is 40.8 Å². The van der Waals surface area contributed by atoms with E-state index in [1.54, 1.807) is 6.20 Å². The van der Waals surface area contributed by atoms with Crippen molar-refractivity contribution in [3.8, 4) is 0 Å². The van der Waals surface area contributed by atoms with E-state index in [-0.39, 0.29) is 11.9 Å². The fourth-order valence-corrected chi connectivity index (χ4v) is 4.74. The molecule has 0 unspecified atom stereocenters. The lowest BCUT2D eigenvalue weighted by atomic mass is 9.88. The first kappa shape index (κ1) is 17.3. The molecule has 4 aromatic rings. The average molecular weight is 388 g/mol. The van der Waals surface area contributed by atoms with Crippen LogP contribution in [0.15, 0.2) is 66.0 Å². The molecule has 0 spiro atoms. The smallest absolute Gasteiger partial charge is 0.230 e. The first-order chi connectivity index (χ1) is 13.8. The molecule has 0 saturated heterocycles. The van der Waals surface area contributed by atoms with Gasteiger partial charge in [-0.15, -0.1) is 0 Å². The third kappa shape index (κ3) is 3.14. The summed E-state index contributed by atoms with van der Waals surface area (Å²) in [7, 11) is 0. The molecule has 2 aromatic carbocycles. The molecule has 1 aliphatic carbocycles. The second kappa shape index (κ2) is 7.28. The standard InChI is InChI=1S/C22H20N4OS/c27-21(24-18-11-5-7-15-6-1-2-8-16(15)18)14-28-22-25-19-10-4-3-9-17(19)20-12-13-23-26(20)22/h1-4,6,8-10,12-13,18H,5,7,11,14H2,(H,24,27)/t18-/m0/s1. The molecule has 2 aromatic heterocycles. The zero-order chi connectivity index (χ0) is 18.9. The SMILES string of the molecule is O=C(CSc1nc2ccccc2c2ccnn12)N[C@H]1CCCc2ccccc21. The number of thioether (sulfide) groups is 1. The fourth-order valence-electron chi connectivity index (χ4n) is 3.96. The van der Waals surface area contributed by atoms with Gasteiger partial charge in [-0.3, -0.25) is 4.79 Å². The van der Waals surface area contributed by atoms with Gasteiger partial charge in [-0.05, 0) is 42.5 Å². The van der Waals surface area contributed by atoms with Crippen molar-refractivity contribution >= 4 is 34.1 Å². The second-order valence-corrected chi connectivity index (χ2v) is 7.98. The Morgan fingerprint density at radius 2 is 2.00 bits per heavy atom. The first-order valence-electron chi connectivity index (χ1n) is 9.52. The zero-order valence-corrected chi connectivity index (χ0v) is 16.2. The molecule has 1 atom stereocenters. The Labute approximate surface area is 167 Å². The molecule has 0 bridgehead atoms. The van der Waals surface area contributed by atoms with Crippen LogP contribution in [0.2, 0.25) is 0 Å². The Balaban J connectivity index is 1.34. The van der Waals surface area contributed by atoms with Gasteiger partial charge in [-0.25, -0.2) is 9.50 Å². The van der Waals surface area contributed by atoms with Crippen LogP contribution in [-0.4, -0.2) is 26.3 Å². The van der Waals surface area contributed by atoms with E-state index >= 15 is 0 Å². The van der Waals surface area contributed by atoms with Gasteiger partial charge >= 0.3 is 0 Å². The quantitative estimate of drug-likeness (QED) is 0.421. The minimum atomic E-state index is 0.0296. The maximum absolute atomic E-state index is 12.6. The number of nitrogens with zero attached hydrogens (tertiary/aromatic N) is 3. The van der Waals surface area contributed by atoms with Crippen LogP contribution in [0.25, 0.3) is 16.4 Å². The lowest BCUT2D eigenvalue weighted by Crippen LogP contribution is -2.32. The van der Waals surface area contributed by atoms with E-state index in [1.807, 2.05) is 40.9 Å². The number of nitrogens with one attached hydrogen (secondary N) is 1. The summed E-state index contributed by atoms with van der Waals surface area (Å²) >= 11 is 1.42. The van der Waals surface area contributed by atoms with Gasteiger partial charge in [0.2, 0.25) is 5.91 Å². The zero-order valence-electron chi connectivity index (χ0n) is 15.3. The Morgan fingerprint density at radius 3 is 2.96 bits per heavy atom. The molecule has 0 aliphatic heterocycles. The predicted octanol–water partition coefficient (Wildman–Crippen LogP) is 4.17. The summed E-state index contributed by atoms with van der Waals surface area (Å²) < 4.78 is 1.82. The van der Waals surface area contributed by atoms with Gasteiger partial charge in [0.25, 0.3) is 0 Å². The van der Waals surface area contributed by atoms with E-state index < -0.39 is 0 Å². The minimum absolute atomic E-state index is 0.0296. The van der Waals surface area contributed by atoms with Crippen LogP contribution in [0.1, 0.15) is 30.0 Å². The number of fused-ring (bicyclic) bond motifs is 4. The fraction of sp³-hybridized carbons (Fsp3) is 0.227. The first-order valence-corrected chi connectivity index (χ1v) is 10.5. The van der Waals surface area contributed by atoms with Crippen molar-refractivity contribution in [2.45, 2.75) is 30.5 Å². The number of aromatic nitrogens is 3. The summed E-state index contributed by atoms with van der Waals surface area (Å²) in [6, 6.07) is 18.5. The van der Waals surface area contributed by atoms with E-state index in [1.165, 1.54) is 22.9 Å². The molecule has 2 heterocycles. The molecule has 5 nitrogen and oxygen atoms in total. The highest BCUT2D eigenvalue weighted by molar-refractivity contribution is 7.99. The van der Waals surface area contributed by atoms with Crippen LogP contribution in [0.4, 0.5) is 0 Å². The summed E-state index contributed by atoms with van der Waals surface area (Å²) in [6.45, 7) is 0. The maximum atomic E-state index is 12.6. The van der Waals surface area contributed by atoms with E-state index in [9.17, 15) is 4.79 Å². The van der Waals surface area contributed by atoms with Crippen LogP contribution >= 0.6 is 11.8 Å². The Morgan fingerprint density at radius 1 is 1.14 bits per heavy atom. The highest BCUT2D eigenvalue weighted by Crippen LogP contribution is 2.30. The summed E-state index contributed by atoms with van der Waals surface area (Å²) in [4.78, 5) is 17.4. The van der Waals surface area contributed by atoms with Crippen LogP contribution in [0.5, 0.6) is 0 Å². The molecule has 1 amide bonds. The topological polar surface area (TPSA) is 59.3 Å². The number of carbonyl (C=O) groups excluding carboxylic acids is 1. The molecular formula is C22H20N4OS. The molecule has 0 fully saturated rings. The Hall–Kier alpha value is -2.86. The van der Waals surface area contributed by atoms with Gasteiger partial charge in [0.15, 0.2) is 5.16 Å². The highest BCUT2D eigenvalue weighted by atomic mass is 32.2. The van der Waals surface area contributed by atoms with Crippen molar-refractivity contribution < 1.29 is 4.79 Å². The van der Waals surface area contributed by atoms with E-state index in [2.05, 4.69) is 28.6 Å². The Bertz CT molecular complexity index is 1170. The molecule has 1 aliphatic rings. The van der Waals surface area contributed by atoms with Crippen molar-refractivity contribution in [3.63, 3.8) is 0 Å². The van der Waals surface area contributed by atoms with Crippen molar-refractivity contribution in [1.29, 1.82) is 0 Å². The normalized spacial score (nSPS) is 16.2. The Kier molecular flexibility index (Phi) is 4.49. The maximum Gasteiger partial charge on any atom is 0.230 e. The number of carbonyl (C=O) groups is 1. The summed E-state index contributed by atoms with van der Waals surface area (Å²) in [5.41, 5.74) is 4.53. The van der Waals surface area contributed by atoms with Crippen LogP contribution in [-0.2, 0) is 11.2 Å². The van der Waals surface area contributed by atoms with Gasteiger partial charge in [-0.1, -0.05) is 54.2 Å². The van der Waals surface area contributed by atoms with Crippen LogP contribution in [0.3, 0.4) is 0 Å². The molecule has 6 heteroatoms. The van der Waals surface area contributed by atoms with E-state index in [4.69, 9.17) is 4.98 Å². The van der Waals surface area contributed by atoms with Crippen molar-refractivity contribution in [3.05, 3.63) is 71.9 Å². The summed E-state index contributed by atoms with van der Waals surface area (Å²) in [5, 5.41) is 9.40. The number of benzene rings is 2. The van der Waals surface area contributed by atoms with Crippen molar-refractivity contribution in [1.82, 2.24) is 19.9 Å². The van der Waals surface area contributed by atoms with Gasteiger partial charge in [-0.2, -0.15) is 5.10 Å². The highest BCUT2D eigenvalue weighted by Gasteiger charge is 2.21. The average Bonchev–Trinajstić information content (AvgIpc) is 3.23. The summed E-state index contributed by atoms with van der Waals surface area (Å²) in [6.07, 6.45) is 4.96. The van der Waals surface area contributed by atoms with E-state index in [0.29, 0.717) is 5.75 Å². The molecule has 0 radical (unpaired) electrons. The van der Waals surface area contributed by atoms with Crippen molar-refractivity contribution in [2.75, 3.05) is 5.75 Å².